The molecule has 0 spiro atoms. The minimum absolute atomic E-state index is 0.0145. The minimum atomic E-state index is -0.533. The summed E-state index contributed by atoms with van der Waals surface area (Å²) in [6.07, 6.45) is 5.98. The van der Waals surface area contributed by atoms with Crippen molar-refractivity contribution in [3.8, 4) is 0 Å². The van der Waals surface area contributed by atoms with E-state index in [1.165, 1.54) is 10.2 Å². The number of rotatable bonds is 4. The topological polar surface area (TPSA) is 55.2 Å². The lowest BCUT2D eigenvalue weighted by Gasteiger charge is -2.33. The van der Waals surface area contributed by atoms with Gasteiger partial charge in [0.25, 0.3) is 5.56 Å². The zero-order chi connectivity index (χ0) is 18.8. The van der Waals surface area contributed by atoms with Gasteiger partial charge in [-0.3, -0.25) is 9.59 Å². The molecule has 1 aliphatic heterocycles. The summed E-state index contributed by atoms with van der Waals surface area (Å²) in [4.78, 5) is 27.2. The van der Waals surface area contributed by atoms with Crippen LogP contribution in [0.3, 0.4) is 0 Å². The largest absolute Gasteiger partial charge is 0.341 e. The molecule has 2 aliphatic rings. The summed E-state index contributed by atoms with van der Waals surface area (Å²) in [5.74, 6) is 0.633. The number of piperidine rings is 1. The Kier molecular flexibility index (Phi) is 5.10. The van der Waals surface area contributed by atoms with Crippen molar-refractivity contribution < 1.29 is 4.79 Å². The first-order valence-electron chi connectivity index (χ1n) is 10.1. The van der Waals surface area contributed by atoms with Crippen LogP contribution in [0, 0.1) is 5.92 Å². The molecular formula is C22H27N3O2. The van der Waals surface area contributed by atoms with Crippen LogP contribution in [-0.4, -0.2) is 33.7 Å². The second-order valence-electron chi connectivity index (χ2n) is 7.89. The van der Waals surface area contributed by atoms with Gasteiger partial charge in [0.2, 0.25) is 5.91 Å². The molecule has 4 rings (SSSR count). The molecule has 0 unspecified atom stereocenters. The van der Waals surface area contributed by atoms with E-state index in [0.717, 1.165) is 62.9 Å². The number of aromatic nitrogens is 2. The molecule has 1 aliphatic carbocycles. The van der Waals surface area contributed by atoms with Crippen LogP contribution in [0.15, 0.2) is 41.2 Å². The number of aryl methyl sites for hydroxylation is 2. The van der Waals surface area contributed by atoms with Gasteiger partial charge in [0.15, 0.2) is 0 Å². The standard InChI is InChI=1S/C22H27N3O2/c1-16(25-21(26)15-19-8-5-9-20(19)23-25)22(27)24-12-10-18(11-13-24)14-17-6-3-2-4-7-17/h2-4,6-7,15-16,18H,5,8-14H2,1H3/t16-/m0/s1. The molecule has 5 nitrogen and oxygen atoms in total. The number of hydrogen-bond acceptors (Lipinski definition) is 3. The first-order chi connectivity index (χ1) is 13.1. The lowest BCUT2D eigenvalue weighted by Crippen LogP contribution is -2.44. The Hall–Kier alpha value is -2.43. The SMILES string of the molecule is C[C@@H](C(=O)N1CCC(Cc2ccccc2)CC1)n1nc2c(cc1=O)CCC2. The van der Waals surface area contributed by atoms with Crippen molar-refractivity contribution >= 4 is 5.91 Å². The van der Waals surface area contributed by atoms with E-state index in [4.69, 9.17) is 0 Å². The van der Waals surface area contributed by atoms with E-state index in [1.54, 1.807) is 13.0 Å². The van der Waals surface area contributed by atoms with Crippen molar-refractivity contribution in [1.29, 1.82) is 0 Å². The van der Waals surface area contributed by atoms with Gasteiger partial charge in [0.05, 0.1) is 5.69 Å². The normalized spacial score (nSPS) is 18.3. The van der Waals surface area contributed by atoms with Crippen LogP contribution in [0.1, 0.15) is 49.0 Å². The Morgan fingerprint density at radius 1 is 1.19 bits per heavy atom. The van der Waals surface area contributed by atoms with Crippen LogP contribution in [-0.2, 0) is 24.1 Å². The number of fused-ring (bicyclic) bond motifs is 1. The third-order valence-electron chi connectivity index (χ3n) is 6.00. The molecule has 2 heterocycles. The highest BCUT2D eigenvalue weighted by Crippen LogP contribution is 2.24. The quantitative estimate of drug-likeness (QED) is 0.837. The maximum atomic E-state index is 12.9. The van der Waals surface area contributed by atoms with Crippen LogP contribution in [0.4, 0.5) is 0 Å². The zero-order valence-electron chi connectivity index (χ0n) is 15.9. The van der Waals surface area contributed by atoms with E-state index in [1.807, 2.05) is 11.0 Å². The van der Waals surface area contributed by atoms with Gasteiger partial charge in [0.1, 0.15) is 6.04 Å². The van der Waals surface area contributed by atoms with Crippen LogP contribution < -0.4 is 5.56 Å². The van der Waals surface area contributed by atoms with Gasteiger partial charge in [-0.25, -0.2) is 4.68 Å². The number of hydrogen-bond donors (Lipinski definition) is 0. The molecule has 1 atom stereocenters. The summed E-state index contributed by atoms with van der Waals surface area (Å²) in [6, 6.07) is 11.7. The van der Waals surface area contributed by atoms with Crippen molar-refractivity contribution in [2.75, 3.05) is 13.1 Å². The van der Waals surface area contributed by atoms with Gasteiger partial charge in [-0.2, -0.15) is 5.10 Å². The monoisotopic (exact) mass is 365 g/mol. The first-order valence-corrected chi connectivity index (χ1v) is 10.1. The smallest absolute Gasteiger partial charge is 0.267 e. The van der Waals surface area contributed by atoms with Crippen molar-refractivity contribution in [1.82, 2.24) is 14.7 Å². The highest BCUT2D eigenvalue weighted by Gasteiger charge is 2.28. The molecule has 1 saturated heterocycles. The van der Waals surface area contributed by atoms with Gasteiger partial charge in [-0.15, -0.1) is 0 Å². The highest BCUT2D eigenvalue weighted by atomic mass is 16.2. The predicted octanol–water partition coefficient (Wildman–Crippen LogP) is 2.77. The molecule has 142 valence electrons. The molecule has 0 radical (unpaired) electrons. The first kappa shape index (κ1) is 18.0. The molecule has 1 aromatic heterocycles. The van der Waals surface area contributed by atoms with Gasteiger partial charge in [-0.05, 0) is 62.5 Å². The average Bonchev–Trinajstić information content (AvgIpc) is 3.15. The Balaban J connectivity index is 1.38. The number of amides is 1. The number of benzene rings is 1. The molecule has 5 heteroatoms. The van der Waals surface area contributed by atoms with E-state index in [9.17, 15) is 9.59 Å². The highest BCUT2D eigenvalue weighted by molar-refractivity contribution is 5.80. The molecule has 0 saturated carbocycles. The fourth-order valence-electron chi connectivity index (χ4n) is 4.37. The minimum Gasteiger partial charge on any atom is -0.341 e. The Labute approximate surface area is 160 Å². The second-order valence-corrected chi connectivity index (χ2v) is 7.89. The second kappa shape index (κ2) is 7.67. The summed E-state index contributed by atoms with van der Waals surface area (Å²) in [7, 11) is 0. The van der Waals surface area contributed by atoms with E-state index in [2.05, 4.69) is 29.4 Å². The van der Waals surface area contributed by atoms with E-state index in [0.29, 0.717) is 5.92 Å². The maximum absolute atomic E-state index is 12.9. The summed E-state index contributed by atoms with van der Waals surface area (Å²) < 4.78 is 1.39. The van der Waals surface area contributed by atoms with Crippen molar-refractivity contribution in [2.24, 2.45) is 5.92 Å². The molecule has 1 fully saturated rings. The van der Waals surface area contributed by atoms with E-state index >= 15 is 0 Å². The molecule has 2 aromatic rings. The Morgan fingerprint density at radius 2 is 1.93 bits per heavy atom. The molecule has 0 N–H and O–H groups in total. The zero-order valence-corrected chi connectivity index (χ0v) is 15.9. The third-order valence-corrected chi connectivity index (χ3v) is 6.00. The van der Waals surface area contributed by atoms with Gasteiger partial charge < -0.3 is 4.90 Å². The molecule has 1 amide bonds. The van der Waals surface area contributed by atoms with Gasteiger partial charge in [0, 0.05) is 19.2 Å². The van der Waals surface area contributed by atoms with Gasteiger partial charge in [-0.1, -0.05) is 30.3 Å². The Bertz CT molecular complexity index is 867. The average molecular weight is 365 g/mol. The van der Waals surface area contributed by atoms with Crippen LogP contribution in [0.5, 0.6) is 0 Å². The van der Waals surface area contributed by atoms with Crippen molar-refractivity contribution in [3.63, 3.8) is 0 Å². The lowest BCUT2D eigenvalue weighted by molar-refractivity contribution is -0.136. The summed E-state index contributed by atoms with van der Waals surface area (Å²) in [5, 5.41) is 4.50. The van der Waals surface area contributed by atoms with Crippen LogP contribution >= 0.6 is 0 Å². The predicted molar refractivity (Wildman–Crippen MR) is 105 cm³/mol. The van der Waals surface area contributed by atoms with E-state index in [-0.39, 0.29) is 11.5 Å². The maximum Gasteiger partial charge on any atom is 0.267 e. The van der Waals surface area contributed by atoms with Crippen LogP contribution in [0.25, 0.3) is 0 Å². The van der Waals surface area contributed by atoms with Gasteiger partial charge >= 0.3 is 0 Å². The van der Waals surface area contributed by atoms with E-state index < -0.39 is 6.04 Å². The number of nitrogens with zero attached hydrogens (tertiary/aromatic N) is 3. The lowest BCUT2D eigenvalue weighted by atomic mass is 9.90. The van der Waals surface area contributed by atoms with Crippen molar-refractivity contribution in [3.05, 3.63) is 63.6 Å². The molecule has 27 heavy (non-hydrogen) atoms. The fourth-order valence-corrected chi connectivity index (χ4v) is 4.37. The van der Waals surface area contributed by atoms with Crippen LogP contribution in [0.2, 0.25) is 0 Å². The fraction of sp³-hybridized carbons (Fsp3) is 0.500. The molecule has 1 aromatic carbocycles. The summed E-state index contributed by atoms with van der Waals surface area (Å²) in [6.45, 7) is 3.33. The number of carbonyl (C=O) groups excluding carboxylic acids is 1. The number of likely N-dealkylation sites (tertiary alicyclic amines) is 1. The van der Waals surface area contributed by atoms with Crippen molar-refractivity contribution in [2.45, 2.75) is 51.5 Å². The molecule has 0 bridgehead atoms. The summed E-state index contributed by atoms with van der Waals surface area (Å²) >= 11 is 0. The Morgan fingerprint density at radius 3 is 2.67 bits per heavy atom. The molecular weight excluding hydrogens is 338 g/mol. The summed E-state index contributed by atoms with van der Waals surface area (Å²) in [5.41, 5.74) is 3.24. The third kappa shape index (κ3) is 3.82. The number of carbonyl (C=O) groups is 1.